The molecule has 0 fully saturated rings. The van der Waals surface area contributed by atoms with E-state index in [1.807, 2.05) is 27.7 Å². The monoisotopic (exact) mass is 309 g/mol. The lowest BCUT2D eigenvalue weighted by Gasteiger charge is -2.31. The Morgan fingerprint density at radius 3 is 2.14 bits per heavy atom. The summed E-state index contributed by atoms with van der Waals surface area (Å²) in [6.07, 6.45) is 5.00. The normalized spacial score (nSPS) is 16.5. The van der Waals surface area contributed by atoms with Crippen molar-refractivity contribution in [2.75, 3.05) is 0 Å². The lowest BCUT2D eigenvalue weighted by Crippen LogP contribution is -2.44. The third kappa shape index (κ3) is 8.26. The molecule has 0 aliphatic carbocycles. The van der Waals surface area contributed by atoms with Crippen molar-refractivity contribution in [1.82, 2.24) is 5.32 Å². The van der Waals surface area contributed by atoms with Crippen LogP contribution >= 0.6 is 0 Å². The largest absolute Gasteiger partial charge is 0.444 e. The number of rotatable bonds is 6. The second-order valence-corrected chi connectivity index (χ2v) is 7.51. The Hall–Kier alpha value is -1.25. The van der Waals surface area contributed by atoms with Gasteiger partial charge >= 0.3 is 6.09 Å². The van der Waals surface area contributed by atoms with Gasteiger partial charge in [0.1, 0.15) is 5.60 Å². The number of carbonyl (C=O) groups is 1. The predicted octanol–water partition coefficient (Wildman–Crippen LogP) is 5.47. The van der Waals surface area contributed by atoms with Crippen molar-refractivity contribution in [3.8, 4) is 0 Å². The molecule has 22 heavy (non-hydrogen) atoms. The molecule has 0 aromatic rings. The van der Waals surface area contributed by atoms with Crippen LogP contribution in [0.1, 0.15) is 68.7 Å². The SMILES string of the molecule is C/C=C(\C)[C@@H](NC(=O)OC(C)(C)C)[C@@H](C)[C@H](C)CC=C(C)C. The van der Waals surface area contributed by atoms with Gasteiger partial charge in [-0.15, -0.1) is 0 Å². The van der Waals surface area contributed by atoms with Crippen LogP contribution in [-0.2, 0) is 4.74 Å². The summed E-state index contributed by atoms with van der Waals surface area (Å²) in [5.41, 5.74) is 2.02. The van der Waals surface area contributed by atoms with Crippen molar-refractivity contribution in [3.05, 3.63) is 23.3 Å². The Morgan fingerprint density at radius 1 is 1.18 bits per heavy atom. The van der Waals surface area contributed by atoms with Crippen LogP contribution in [0, 0.1) is 11.8 Å². The van der Waals surface area contributed by atoms with Gasteiger partial charge in [-0.3, -0.25) is 0 Å². The maximum Gasteiger partial charge on any atom is 0.408 e. The van der Waals surface area contributed by atoms with Crippen molar-refractivity contribution in [2.24, 2.45) is 11.8 Å². The number of amides is 1. The topological polar surface area (TPSA) is 38.3 Å². The maximum atomic E-state index is 12.1. The van der Waals surface area contributed by atoms with Gasteiger partial charge < -0.3 is 10.1 Å². The molecule has 1 N–H and O–H groups in total. The highest BCUT2D eigenvalue weighted by Gasteiger charge is 2.27. The minimum atomic E-state index is -0.477. The fourth-order valence-corrected chi connectivity index (χ4v) is 2.24. The molecule has 0 heterocycles. The second-order valence-electron chi connectivity index (χ2n) is 7.51. The van der Waals surface area contributed by atoms with E-state index < -0.39 is 5.60 Å². The van der Waals surface area contributed by atoms with Crippen molar-refractivity contribution < 1.29 is 9.53 Å². The van der Waals surface area contributed by atoms with Crippen LogP contribution in [0.2, 0.25) is 0 Å². The Kier molecular flexibility index (Phi) is 8.50. The summed E-state index contributed by atoms with van der Waals surface area (Å²) in [7, 11) is 0. The molecular formula is C19H35NO2. The maximum absolute atomic E-state index is 12.1. The molecule has 128 valence electrons. The van der Waals surface area contributed by atoms with Crippen LogP contribution in [0.5, 0.6) is 0 Å². The van der Waals surface area contributed by atoms with Crippen LogP contribution < -0.4 is 5.32 Å². The zero-order valence-electron chi connectivity index (χ0n) is 15.9. The van der Waals surface area contributed by atoms with Gasteiger partial charge in [-0.2, -0.15) is 0 Å². The van der Waals surface area contributed by atoms with E-state index in [2.05, 4.69) is 52.1 Å². The number of hydrogen-bond donors (Lipinski definition) is 1. The van der Waals surface area contributed by atoms with Crippen molar-refractivity contribution >= 4 is 6.09 Å². The minimum absolute atomic E-state index is 0.000382. The number of allylic oxidation sites excluding steroid dienone is 3. The summed E-state index contributed by atoms with van der Waals surface area (Å²) < 4.78 is 5.40. The molecule has 0 aliphatic heterocycles. The molecule has 0 saturated carbocycles. The average Bonchev–Trinajstić information content (AvgIpc) is 2.38. The fourth-order valence-electron chi connectivity index (χ4n) is 2.24. The van der Waals surface area contributed by atoms with Gasteiger partial charge in [0.2, 0.25) is 0 Å². The molecule has 0 unspecified atom stereocenters. The van der Waals surface area contributed by atoms with E-state index in [0.29, 0.717) is 11.8 Å². The zero-order valence-corrected chi connectivity index (χ0v) is 15.9. The number of hydrogen-bond acceptors (Lipinski definition) is 2. The molecular weight excluding hydrogens is 274 g/mol. The third-order valence-corrected chi connectivity index (χ3v) is 3.94. The zero-order chi connectivity index (χ0) is 17.5. The molecule has 0 aliphatic rings. The molecule has 0 saturated heterocycles. The van der Waals surface area contributed by atoms with Crippen LogP contribution in [0.15, 0.2) is 23.3 Å². The van der Waals surface area contributed by atoms with E-state index in [-0.39, 0.29) is 12.1 Å². The highest BCUT2D eigenvalue weighted by Crippen LogP contribution is 2.24. The molecule has 3 atom stereocenters. The lowest BCUT2D eigenvalue weighted by atomic mass is 9.83. The Balaban J connectivity index is 4.98. The van der Waals surface area contributed by atoms with Crippen molar-refractivity contribution in [2.45, 2.75) is 80.4 Å². The quantitative estimate of drug-likeness (QED) is 0.660. The van der Waals surface area contributed by atoms with E-state index in [1.165, 1.54) is 11.1 Å². The van der Waals surface area contributed by atoms with Gasteiger partial charge in [0, 0.05) is 0 Å². The van der Waals surface area contributed by atoms with Crippen LogP contribution in [-0.4, -0.2) is 17.7 Å². The first-order valence-corrected chi connectivity index (χ1v) is 8.23. The summed E-state index contributed by atoms with van der Waals surface area (Å²) >= 11 is 0. The van der Waals surface area contributed by atoms with Crippen LogP contribution in [0.25, 0.3) is 0 Å². The van der Waals surface area contributed by atoms with Gasteiger partial charge in [-0.1, -0.05) is 37.1 Å². The highest BCUT2D eigenvalue weighted by atomic mass is 16.6. The molecule has 0 bridgehead atoms. The second kappa shape index (κ2) is 9.02. The summed E-state index contributed by atoms with van der Waals surface area (Å²) in [5.74, 6) is 0.809. The number of carbonyl (C=O) groups excluding carboxylic acids is 1. The standard InChI is InChI=1S/C19H35NO2/c1-10-14(4)17(20-18(21)22-19(7,8)9)16(6)15(5)12-11-13(2)3/h10-11,15-17H,12H2,1-9H3,(H,20,21)/b14-10+/t15-,16+,17-/m1/s1. The Labute approximate surface area is 137 Å². The Bertz CT molecular complexity index is 412. The van der Waals surface area contributed by atoms with E-state index in [1.54, 1.807) is 0 Å². The third-order valence-electron chi connectivity index (χ3n) is 3.94. The average molecular weight is 309 g/mol. The first kappa shape index (κ1) is 20.8. The molecule has 1 amide bonds. The lowest BCUT2D eigenvalue weighted by molar-refractivity contribution is 0.0491. The Morgan fingerprint density at radius 2 is 1.73 bits per heavy atom. The summed E-state index contributed by atoms with van der Waals surface area (Å²) in [6, 6.07) is 0.000382. The van der Waals surface area contributed by atoms with Crippen LogP contribution in [0.4, 0.5) is 4.79 Å². The van der Waals surface area contributed by atoms with Gasteiger partial charge in [-0.05, 0) is 66.7 Å². The summed E-state index contributed by atoms with van der Waals surface area (Å²) in [5, 5.41) is 3.04. The number of alkyl carbamates (subject to hydrolysis) is 1. The van der Waals surface area contributed by atoms with Crippen LogP contribution in [0.3, 0.4) is 0 Å². The summed E-state index contributed by atoms with van der Waals surface area (Å²) in [4.78, 5) is 12.1. The molecule has 0 radical (unpaired) electrons. The van der Waals surface area contributed by atoms with E-state index in [0.717, 1.165) is 6.42 Å². The van der Waals surface area contributed by atoms with E-state index in [9.17, 15) is 4.79 Å². The fraction of sp³-hybridized carbons (Fsp3) is 0.737. The van der Waals surface area contributed by atoms with E-state index >= 15 is 0 Å². The minimum Gasteiger partial charge on any atom is -0.444 e. The predicted molar refractivity (Wildman–Crippen MR) is 95.0 cm³/mol. The summed E-state index contributed by atoms with van der Waals surface area (Å²) in [6.45, 7) is 18.4. The molecule has 3 nitrogen and oxygen atoms in total. The van der Waals surface area contributed by atoms with Gasteiger partial charge in [-0.25, -0.2) is 4.79 Å². The number of nitrogens with one attached hydrogen (secondary N) is 1. The smallest absolute Gasteiger partial charge is 0.408 e. The van der Waals surface area contributed by atoms with Gasteiger partial charge in [0.05, 0.1) is 6.04 Å². The van der Waals surface area contributed by atoms with Crippen molar-refractivity contribution in [1.29, 1.82) is 0 Å². The molecule has 0 spiro atoms. The first-order chi connectivity index (χ1) is 9.97. The highest BCUT2D eigenvalue weighted by molar-refractivity contribution is 5.68. The molecule has 0 aromatic heterocycles. The molecule has 3 heteroatoms. The van der Waals surface area contributed by atoms with Gasteiger partial charge in [0.15, 0.2) is 0 Å². The van der Waals surface area contributed by atoms with Crippen molar-refractivity contribution in [3.63, 3.8) is 0 Å². The van der Waals surface area contributed by atoms with E-state index in [4.69, 9.17) is 4.74 Å². The molecule has 0 rings (SSSR count). The van der Waals surface area contributed by atoms with Gasteiger partial charge in [0.25, 0.3) is 0 Å². The molecule has 0 aromatic carbocycles. The number of ether oxygens (including phenoxy) is 1. The first-order valence-electron chi connectivity index (χ1n) is 8.23.